The van der Waals surface area contributed by atoms with E-state index in [9.17, 15) is 4.39 Å². The number of aromatic nitrogens is 1. The monoisotopic (exact) mass is 289 g/mol. The fourth-order valence-electron chi connectivity index (χ4n) is 2.17. The second kappa shape index (κ2) is 6.43. The number of nitrogens with one attached hydrogen (secondary N) is 1. The third-order valence-corrected chi connectivity index (χ3v) is 3.26. The van der Waals surface area contributed by atoms with Crippen molar-refractivity contribution in [1.82, 2.24) is 4.98 Å². The van der Waals surface area contributed by atoms with Gasteiger partial charge in [-0.3, -0.25) is 0 Å². The smallest absolute Gasteiger partial charge is 0.132 e. The molecular weight excluding hydrogens is 269 g/mol. The Bertz CT molecular complexity index is 599. The molecule has 1 N–H and O–H groups in total. The molecule has 1 aromatic heterocycles. The molecule has 21 heavy (non-hydrogen) atoms. The first-order chi connectivity index (χ1) is 10.0. The van der Waals surface area contributed by atoms with Crippen molar-refractivity contribution < 1.29 is 9.13 Å². The van der Waals surface area contributed by atoms with Crippen LogP contribution < -0.4 is 15.0 Å². The molecule has 1 aromatic carbocycles. The zero-order valence-corrected chi connectivity index (χ0v) is 12.7. The molecule has 2 aromatic rings. The maximum Gasteiger partial charge on any atom is 0.132 e. The number of hydrogen-bond donors (Lipinski definition) is 1. The fraction of sp³-hybridized carbons (Fsp3) is 0.312. The Labute approximate surface area is 124 Å². The third kappa shape index (κ3) is 3.42. The van der Waals surface area contributed by atoms with Crippen molar-refractivity contribution in [3.05, 3.63) is 47.9 Å². The van der Waals surface area contributed by atoms with Crippen LogP contribution in [0.15, 0.2) is 36.5 Å². The summed E-state index contributed by atoms with van der Waals surface area (Å²) in [4.78, 5) is 6.25. The first-order valence-electron chi connectivity index (χ1n) is 6.75. The van der Waals surface area contributed by atoms with Gasteiger partial charge in [0, 0.05) is 14.1 Å². The van der Waals surface area contributed by atoms with E-state index in [1.54, 1.807) is 25.4 Å². The van der Waals surface area contributed by atoms with Crippen molar-refractivity contribution in [3.8, 4) is 5.75 Å². The van der Waals surface area contributed by atoms with Crippen molar-refractivity contribution in [2.45, 2.75) is 13.0 Å². The van der Waals surface area contributed by atoms with Crippen LogP contribution in [0, 0.1) is 5.82 Å². The minimum atomic E-state index is -0.285. The first-order valence-corrected chi connectivity index (χ1v) is 6.75. The van der Waals surface area contributed by atoms with E-state index in [-0.39, 0.29) is 11.9 Å². The van der Waals surface area contributed by atoms with E-state index in [1.807, 2.05) is 38.1 Å². The van der Waals surface area contributed by atoms with E-state index in [4.69, 9.17) is 4.74 Å². The average molecular weight is 289 g/mol. The van der Waals surface area contributed by atoms with Gasteiger partial charge in [-0.15, -0.1) is 0 Å². The van der Waals surface area contributed by atoms with E-state index < -0.39 is 0 Å². The first kappa shape index (κ1) is 15.1. The molecule has 0 aliphatic heterocycles. The molecule has 0 bridgehead atoms. The highest BCUT2D eigenvalue weighted by Crippen LogP contribution is 2.30. The van der Waals surface area contributed by atoms with E-state index in [2.05, 4.69) is 10.3 Å². The van der Waals surface area contributed by atoms with E-state index in [1.165, 1.54) is 6.07 Å². The van der Waals surface area contributed by atoms with Crippen LogP contribution in [0.1, 0.15) is 18.5 Å². The van der Waals surface area contributed by atoms with Gasteiger partial charge in [0.15, 0.2) is 0 Å². The predicted octanol–water partition coefficient (Wildman–Crippen LogP) is 3.47. The third-order valence-electron chi connectivity index (χ3n) is 3.26. The van der Waals surface area contributed by atoms with Crippen LogP contribution in [-0.2, 0) is 0 Å². The molecule has 2 rings (SSSR count). The lowest BCUT2D eigenvalue weighted by Crippen LogP contribution is -2.12. The minimum Gasteiger partial charge on any atom is -0.496 e. The lowest BCUT2D eigenvalue weighted by Gasteiger charge is -2.19. The number of nitrogens with zero attached hydrogens (tertiary/aromatic N) is 2. The topological polar surface area (TPSA) is 37.4 Å². The van der Waals surface area contributed by atoms with Gasteiger partial charge in [-0.2, -0.15) is 0 Å². The zero-order valence-electron chi connectivity index (χ0n) is 12.7. The molecule has 0 spiro atoms. The van der Waals surface area contributed by atoms with Gasteiger partial charge in [0.2, 0.25) is 0 Å². The largest absolute Gasteiger partial charge is 0.496 e. The van der Waals surface area contributed by atoms with E-state index >= 15 is 0 Å². The van der Waals surface area contributed by atoms with Gasteiger partial charge in [-0.25, -0.2) is 9.37 Å². The van der Waals surface area contributed by atoms with Crippen LogP contribution in [0.4, 0.5) is 15.9 Å². The summed E-state index contributed by atoms with van der Waals surface area (Å²) in [5, 5.41) is 3.24. The fourth-order valence-corrected chi connectivity index (χ4v) is 2.17. The van der Waals surface area contributed by atoms with Gasteiger partial charge in [0.1, 0.15) is 17.4 Å². The highest BCUT2D eigenvalue weighted by Gasteiger charge is 2.16. The maximum atomic E-state index is 14.0. The SMILES string of the molecule is COc1cccc(F)c1C(C)Nc1ccc(N(C)C)nc1. The number of methoxy groups -OCH3 is 1. The summed E-state index contributed by atoms with van der Waals surface area (Å²) in [6.07, 6.45) is 1.74. The molecule has 1 atom stereocenters. The van der Waals surface area contributed by atoms with Crippen LogP contribution in [0.5, 0.6) is 5.75 Å². The number of anilines is 2. The Morgan fingerprint density at radius 3 is 2.57 bits per heavy atom. The summed E-state index contributed by atoms with van der Waals surface area (Å²) in [6, 6.07) is 8.43. The highest BCUT2D eigenvalue weighted by molar-refractivity contribution is 5.50. The van der Waals surface area contributed by atoms with Crippen LogP contribution in [-0.4, -0.2) is 26.2 Å². The molecule has 5 heteroatoms. The summed E-state index contributed by atoms with van der Waals surface area (Å²) < 4.78 is 19.3. The Morgan fingerprint density at radius 2 is 2.00 bits per heavy atom. The summed E-state index contributed by atoms with van der Waals surface area (Å²) in [6.45, 7) is 1.89. The number of pyridine rings is 1. The van der Waals surface area contributed by atoms with Crippen molar-refractivity contribution in [2.24, 2.45) is 0 Å². The Kier molecular flexibility index (Phi) is 4.62. The normalized spacial score (nSPS) is 11.9. The van der Waals surface area contributed by atoms with Gasteiger partial charge in [-0.1, -0.05) is 6.07 Å². The standard InChI is InChI=1S/C16H20FN3O/c1-11(16-13(17)6-5-7-14(16)21-4)19-12-8-9-15(18-10-12)20(2)3/h5-11,19H,1-4H3. The lowest BCUT2D eigenvalue weighted by atomic mass is 10.1. The van der Waals surface area contributed by atoms with Gasteiger partial charge in [0.05, 0.1) is 30.6 Å². The summed E-state index contributed by atoms with van der Waals surface area (Å²) in [5.74, 6) is 1.12. The van der Waals surface area contributed by atoms with Crippen LogP contribution in [0.2, 0.25) is 0 Å². The van der Waals surface area contributed by atoms with Crippen LogP contribution >= 0.6 is 0 Å². The summed E-state index contributed by atoms with van der Waals surface area (Å²) >= 11 is 0. The second-order valence-electron chi connectivity index (χ2n) is 5.02. The quantitative estimate of drug-likeness (QED) is 0.914. The molecule has 0 fully saturated rings. The molecule has 0 aliphatic carbocycles. The molecule has 1 heterocycles. The molecule has 0 aliphatic rings. The number of halogens is 1. The predicted molar refractivity (Wildman–Crippen MR) is 83.6 cm³/mol. The number of rotatable bonds is 5. The van der Waals surface area contributed by atoms with Gasteiger partial charge < -0.3 is 15.0 Å². The molecule has 4 nitrogen and oxygen atoms in total. The average Bonchev–Trinajstić information content (AvgIpc) is 2.47. The molecule has 112 valence electrons. The molecule has 1 unspecified atom stereocenters. The number of hydrogen-bond acceptors (Lipinski definition) is 4. The summed E-state index contributed by atoms with van der Waals surface area (Å²) in [7, 11) is 5.41. The Balaban J connectivity index is 2.20. The van der Waals surface area contributed by atoms with Crippen molar-refractivity contribution in [3.63, 3.8) is 0 Å². The highest BCUT2D eigenvalue weighted by atomic mass is 19.1. The van der Waals surface area contributed by atoms with Gasteiger partial charge in [-0.05, 0) is 31.2 Å². The van der Waals surface area contributed by atoms with Crippen molar-refractivity contribution in [1.29, 1.82) is 0 Å². The molecule has 0 saturated heterocycles. The number of benzene rings is 1. The van der Waals surface area contributed by atoms with Crippen molar-refractivity contribution in [2.75, 3.05) is 31.4 Å². The van der Waals surface area contributed by atoms with Crippen molar-refractivity contribution >= 4 is 11.5 Å². The van der Waals surface area contributed by atoms with Gasteiger partial charge >= 0.3 is 0 Å². The molecular formula is C16H20FN3O. The molecule has 0 saturated carbocycles. The Hall–Kier alpha value is -2.30. The zero-order chi connectivity index (χ0) is 15.4. The second-order valence-corrected chi connectivity index (χ2v) is 5.02. The lowest BCUT2D eigenvalue weighted by molar-refractivity contribution is 0.402. The number of ether oxygens (including phenoxy) is 1. The minimum absolute atomic E-state index is 0.229. The van der Waals surface area contributed by atoms with Crippen LogP contribution in [0.3, 0.4) is 0 Å². The van der Waals surface area contributed by atoms with Crippen LogP contribution in [0.25, 0.3) is 0 Å². The molecule has 0 amide bonds. The maximum absolute atomic E-state index is 14.0. The summed E-state index contributed by atoms with van der Waals surface area (Å²) in [5.41, 5.74) is 1.34. The van der Waals surface area contributed by atoms with E-state index in [0.717, 1.165) is 11.5 Å². The Morgan fingerprint density at radius 1 is 1.24 bits per heavy atom. The molecule has 0 radical (unpaired) electrons. The van der Waals surface area contributed by atoms with Gasteiger partial charge in [0.25, 0.3) is 0 Å². The van der Waals surface area contributed by atoms with E-state index in [0.29, 0.717) is 11.3 Å².